The number of hydrogen-bond donors (Lipinski definition) is 1. The third-order valence-electron chi connectivity index (χ3n) is 1.54. The van der Waals surface area contributed by atoms with Crippen LogP contribution >= 0.6 is 0 Å². The number of hydrogen-bond acceptors (Lipinski definition) is 2. The Hall–Kier alpha value is -0.630. The maximum absolute atomic E-state index is 11.0. The molecule has 2 N–H and O–H groups in total. The van der Waals surface area contributed by atoms with Crippen LogP contribution in [0.2, 0.25) is 0 Å². The minimum Gasteiger partial charge on any atom is -0.328 e. The Morgan fingerprint density at radius 3 is 2.55 bits per heavy atom. The van der Waals surface area contributed by atoms with Gasteiger partial charge in [0.15, 0.2) is 5.78 Å². The quantitative estimate of drug-likeness (QED) is 0.613. The average Bonchev–Trinajstić information content (AvgIpc) is 1.86. The maximum atomic E-state index is 11.0. The SMILES string of the molecule is C=C(C)C(=O)CCCC(C)N. The average molecular weight is 155 g/mol. The van der Waals surface area contributed by atoms with Crippen molar-refractivity contribution in [1.82, 2.24) is 0 Å². The van der Waals surface area contributed by atoms with E-state index in [1.807, 2.05) is 6.92 Å². The predicted octanol–water partition coefficient (Wildman–Crippen LogP) is 1.65. The van der Waals surface area contributed by atoms with Crippen molar-refractivity contribution in [3.05, 3.63) is 12.2 Å². The smallest absolute Gasteiger partial charge is 0.157 e. The van der Waals surface area contributed by atoms with Crippen molar-refractivity contribution in [2.75, 3.05) is 0 Å². The van der Waals surface area contributed by atoms with Gasteiger partial charge in [0, 0.05) is 12.5 Å². The number of rotatable bonds is 5. The van der Waals surface area contributed by atoms with E-state index in [4.69, 9.17) is 5.73 Å². The molecule has 0 aromatic heterocycles. The fourth-order valence-corrected chi connectivity index (χ4v) is 0.798. The van der Waals surface area contributed by atoms with Gasteiger partial charge in [-0.15, -0.1) is 0 Å². The Labute approximate surface area is 68.5 Å². The van der Waals surface area contributed by atoms with Gasteiger partial charge in [0.25, 0.3) is 0 Å². The van der Waals surface area contributed by atoms with Crippen LogP contribution < -0.4 is 5.73 Å². The minimum atomic E-state index is 0.158. The summed E-state index contributed by atoms with van der Waals surface area (Å²) >= 11 is 0. The van der Waals surface area contributed by atoms with E-state index < -0.39 is 0 Å². The number of ketones is 1. The normalized spacial score (nSPS) is 12.6. The number of allylic oxidation sites excluding steroid dienone is 1. The van der Waals surface area contributed by atoms with E-state index in [9.17, 15) is 4.79 Å². The third-order valence-corrected chi connectivity index (χ3v) is 1.54. The zero-order valence-electron chi connectivity index (χ0n) is 7.39. The molecule has 0 spiro atoms. The zero-order chi connectivity index (χ0) is 8.85. The lowest BCUT2D eigenvalue weighted by Crippen LogP contribution is -2.14. The first-order valence-electron chi connectivity index (χ1n) is 3.98. The number of carbonyl (C=O) groups excluding carboxylic acids is 1. The molecule has 0 aliphatic carbocycles. The summed E-state index contributed by atoms with van der Waals surface area (Å²) in [4.78, 5) is 11.0. The van der Waals surface area contributed by atoms with Gasteiger partial charge < -0.3 is 5.73 Å². The molecule has 1 atom stereocenters. The van der Waals surface area contributed by atoms with E-state index in [0.717, 1.165) is 12.8 Å². The van der Waals surface area contributed by atoms with Crippen molar-refractivity contribution < 1.29 is 4.79 Å². The molecule has 0 aromatic rings. The van der Waals surface area contributed by atoms with Crippen molar-refractivity contribution in [2.24, 2.45) is 5.73 Å². The van der Waals surface area contributed by atoms with Gasteiger partial charge in [-0.1, -0.05) is 6.58 Å². The molecule has 0 aromatic carbocycles. The number of carbonyl (C=O) groups is 1. The summed E-state index contributed by atoms with van der Waals surface area (Å²) in [5.74, 6) is 0.158. The van der Waals surface area contributed by atoms with Crippen LogP contribution in [0.25, 0.3) is 0 Å². The topological polar surface area (TPSA) is 43.1 Å². The largest absolute Gasteiger partial charge is 0.328 e. The molecule has 0 saturated heterocycles. The molecule has 0 rings (SSSR count). The second-order valence-corrected chi connectivity index (χ2v) is 3.07. The highest BCUT2D eigenvalue weighted by molar-refractivity contribution is 5.93. The van der Waals surface area contributed by atoms with Crippen LogP contribution in [0.5, 0.6) is 0 Å². The van der Waals surface area contributed by atoms with Gasteiger partial charge in [0.1, 0.15) is 0 Å². The van der Waals surface area contributed by atoms with Gasteiger partial charge >= 0.3 is 0 Å². The summed E-state index contributed by atoms with van der Waals surface area (Å²) in [6.45, 7) is 7.27. The Bertz CT molecular complexity index is 150. The van der Waals surface area contributed by atoms with Crippen LogP contribution in [0, 0.1) is 0 Å². The van der Waals surface area contributed by atoms with E-state index in [-0.39, 0.29) is 11.8 Å². The predicted molar refractivity (Wildman–Crippen MR) is 47.3 cm³/mol. The Kier molecular flexibility index (Phi) is 4.79. The highest BCUT2D eigenvalue weighted by atomic mass is 16.1. The molecule has 0 aliphatic heterocycles. The van der Waals surface area contributed by atoms with Crippen molar-refractivity contribution in [3.8, 4) is 0 Å². The first kappa shape index (κ1) is 10.4. The third kappa shape index (κ3) is 5.80. The molecule has 64 valence electrons. The number of nitrogens with two attached hydrogens (primary N) is 1. The maximum Gasteiger partial charge on any atom is 0.157 e. The highest BCUT2D eigenvalue weighted by Crippen LogP contribution is 2.03. The van der Waals surface area contributed by atoms with Gasteiger partial charge in [0.2, 0.25) is 0 Å². The fourth-order valence-electron chi connectivity index (χ4n) is 0.798. The summed E-state index contributed by atoms with van der Waals surface area (Å²) in [6, 6.07) is 0.202. The molecule has 1 unspecified atom stereocenters. The summed E-state index contributed by atoms with van der Waals surface area (Å²) in [5.41, 5.74) is 6.17. The summed E-state index contributed by atoms with van der Waals surface area (Å²) in [7, 11) is 0. The van der Waals surface area contributed by atoms with Crippen molar-refractivity contribution in [1.29, 1.82) is 0 Å². The van der Waals surface area contributed by atoms with Crippen LogP contribution in [0.4, 0.5) is 0 Å². The Morgan fingerprint density at radius 2 is 2.18 bits per heavy atom. The lowest BCUT2D eigenvalue weighted by molar-refractivity contribution is -0.115. The minimum absolute atomic E-state index is 0.158. The molecule has 0 radical (unpaired) electrons. The molecule has 11 heavy (non-hydrogen) atoms. The van der Waals surface area contributed by atoms with E-state index >= 15 is 0 Å². The van der Waals surface area contributed by atoms with E-state index in [1.54, 1.807) is 6.92 Å². The molecule has 0 amide bonds. The summed E-state index contributed by atoms with van der Waals surface area (Å²) < 4.78 is 0. The fraction of sp³-hybridized carbons (Fsp3) is 0.667. The molecule has 0 heterocycles. The molecule has 0 saturated carbocycles. The molecule has 0 fully saturated rings. The number of Topliss-reactive ketones (excluding diaryl/α,β-unsaturated/α-hetero) is 1. The second kappa shape index (κ2) is 5.08. The van der Waals surface area contributed by atoms with Crippen LogP contribution in [-0.2, 0) is 4.79 Å². The first-order chi connectivity index (χ1) is 5.04. The first-order valence-corrected chi connectivity index (χ1v) is 3.98. The standard InChI is InChI=1S/C9H17NO/c1-7(2)9(11)6-4-5-8(3)10/h8H,1,4-6,10H2,2-3H3. The molecule has 0 aliphatic rings. The van der Waals surface area contributed by atoms with Gasteiger partial charge in [-0.25, -0.2) is 0 Å². The summed E-state index contributed by atoms with van der Waals surface area (Å²) in [5, 5.41) is 0. The van der Waals surface area contributed by atoms with Crippen LogP contribution in [0.15, 0.2) is 12.2 Å². The van der Waals surface area contributed by atoms with E-state index in [1.165, 1.54) is 0 Å². The lowest BCUT2D eigenvalue weighted by atomic mass is 10.1. The van der Waals surface area contributed by atoms with Gasteiger partial charge in [-0.3, -0.25) is 4.79 Å². The van der Waals surface area contributed by atoms with E-state index in [2.05, 4.69) is 6.58 Å². The zero-order valence-corrected chi connectivity index (χ0v) is 7.39. The van der Waals surface area contributed by atoms with E-state index in [0.29, 0.717) is 12.0 Å². The van der Waals surface area contributed by atoms with Crippen LogP contribution in [-0.4, -0.2) is 11.8 Å². The molecule has 2 heteroatoms. The van der Waals surface area contributed by atoms with Gasteiger partial charge in [-0.2, -0.15) is 0 Å². The molecule has 0 bridgehead atoms. The Morgan fingerprint density at radius 1 is 1.64 bits per heavy atom. The Balaban J connectivity index is 3.40. The molecular weight excluding hydrogens is 138 g/mol. The van der Waals surface area contributed by atoms with Crippen molar-refractivity contribution in [3.63, 3.8) is 0 Å². The van der Waals surface area contributed by atoms with Crippen LogP contribution in [0.3, 0.4) is 0 Å². The summed E-state index contributed by atoms with van der Waals surface area (Å²) in [6.07, 6.45) is 2.39. The van der Waals surface area contributed by atoms with Crippen LogP contribution in [0.1, 0.15) is 33.1 Å². The second-order valence-electron chi connectivity index (χ2n) is 3.07. The lowest BCUT2D eigenvalue weighted by Gasteiger charge is -2.03. The van der Waals surface area contributed by atoms with Gasteiger partial charge in [0.05, 0.1) is 0 Å². The van der Waals surface area contributed by atoms with Crippen molar-refractivity contribution >= 4 is 5.78 Å². The van der Waals surface area contributed by atoms with Crippen molar-refractivity contribution in [2.45, 2.75) is 39.2 Å². The molecule has 2 nitrogen and oxygen atoms in total. The van der Waals surface area contributed by atoms with Gasteiger partial charge in [-0.05, 0) is 32.3 Å². The monoisotopic (exact) mass is 155 g/mol. The highest BCUT2D eigenvalue weighted by Gasteiger charge is 2.02. The molecular formula is C9H17NO.